The molecule has 0 fully saturated rings. The maximum Gasteiger partial charge on any atom is 0.272 e. The highest BCUT2D eigenvalue weighted by Gasteiger charge is 2.24. The molecule has 3 amide bonds. The predicted molar refractivity (Wildman–Crippen MR) is 179 cm³/mol. The van der Waals surface area contributed by atoms with E-state index in [0.717, 1.165) is 25.5 Å². The van der Waals surface area contributed by atoms with E-state index < -0.39 is 17.1 Å². The Morgan fingerprint density at radius 2 is 1.57 bits per heavy atom. The Morgan fingerprint density at radius 3 is 2.27 bits per heavy atom. The number of benzene rings is 4. The van der Waals surface area contributed by atoms with E-state index in [9.17, 15) is 14.4 Å². The van der Waals surface area contributed by atoms with Gasteiger partial charge in [0.25, 0.3) is 11.8 Å². The fraction of sp³-hybridized carbons (Fsp3) is 0.0606. The van der Waals surface area contributed by atoms with Crippen LogP contribution in [0.5, 0.6) is 0 Å². The van der Waals surface area contributed by atoms with Crippen LogP contribution in [0, 0.1) is 6.92 Å². The largest absolute Gasteiger partial charge is 0.321 e. The van der Waals surface area contributed by atoms with Gasteiger partial charge in [0, 0.05) is 20.6 Å². The van der Waals surface area contributed by atoms with Gasteiger partial charge in [-0.2, -0.15) is 0 Å². The lowest BCUT2D eigenvalue weighted by atomic mass is 10.1. The van der Waals surface area contributed by atoms with Crippen molar-refractivity contribution in [2.24, 2.45) is 0 Å². The number of rotatable bonds is 10. The van der Waals surface area contributed by atoms with E-state index >= 15 is 0 Å². The molecule has 0 bridgehead atoms. The number of carbonyl (C=O) groups excluding carboxylic acids is 3. The van der Waals surface area contributed by atoms with Gasteiger partial charge in [0.05, 0.1) is 0 Å². The summed E-state index contributed by atoms with van der Waals surface area (Å²) in [5.74, 6) is -1.15. The van der Waals surface area contributed by atoms with E-state index in [0.29, 0.717) is 16.4 Å². The van der Waals surface area contributed by atoms with Crippen molar-refractivity contribution in [2.75, 3.05) is 10.6 Å². The van der Waals surface area contributed by atoms with Crippen molar-refractivity contribution < 1.29 is 14.4 Å². The van der Waals surface area contributed by atoms with Gasteiger partial charge >= 0.3 is 0 Å². The quantitative estimate of drug-likeness (QED) is 0.104. The van der Waals surface area contributed by atoms with Crippen LogP contribution in [0.1, 0.15) is 31.7 Å². The highest BCUT2D eigenvalue weighted by atomic mass is 79.9. The van der Waals surface area contributed by atoms with E-state index in [1.165, 1.54) is 23.1 Å². The van der Waals surface area contributed by atoms with Crippen molar-refractivity contribution in [3.05, 3.63) is 141 Å². The normalized spacial score (nSPS) is 11.8. The van der Waals surface area contributed by atoms with E-state index in [1.807, 2.05) is 73.7 Å². The monoisotopic (exact) mass is 683 g/mol. The zero-order chi connectivity index (χ0) is 30.9. The summed E-state index contributed by atoms with van der Waals surface area (Å²) in [6.07, 6.45) is 1.62. The van der Waals surface area contributed by atoms with Crippen LogP contribution in [0.2, 0.25) is 0 Å². The van der Waals surface area contributed by atoms with Gasteiger partial charge in [-0.15, -0.1) is 22.0 Å². The molecule has 220 valence electrons. The predicted octanol–water partition coefficient (Wildman–Crippen LogP) is 7.49. The zero-order valence-electron chi connectivity index (χ0n) is 23.4. The third-order valence-electron chi connectivity index (χ3n) is 6.13. The first-order chi connectivity index (χ1) is 21.3. The van der Waals surface area contributed by atoms with Gasteiger partial charge in [-0.1, -0.05) is 94.0 Å². The van der Waals surface area contributed by atoms with Gasteiger partial charge in [0.1, 0.15) is 16.0 Å². The molecule has 3 N–H and O–H groups in total. The molecular formula is C33H26BrN5O3S2. The fourth-order valence-corrected chi connectivity index (χ4v) is 6.20. The number of carbonyl (C=O) groups is 3. The van der Waals surface area contributed by atoms with Crippen LogP contribution < -0.4 is 16.0 Å². The molecule has 0 radical (unpaired) electrons. The minimum absolute atomic E-state index is 0.0731. The lowest BCUT2D eigenvalue weighted by Gasteiger charge is -2.17. The average molecular weight is 685 g/mol. The summed E-state index contributed by atoms with van der Waals surface area (Å²) < 4.78 is 0.836. The first kappa shape index (κ1) is 30.9. The smallest absolute Gasteiger partial charge is 0.272 e. The lowest BCUT2D eigenvalue weighted by molar-refractivity contribution is -0.116. The maximum atomic E-state index is 13.5. The molecule has 8 nitrogen and oxygen atoms in total. The van der Waals surface area contributed by atoms with E-state index in [-0.39, 0.29) is 11.6 Å². The molecule has 0 saturated heterocycles. The van der Waals surface area contributed by atoms with E-state index in [4.69, 9.17) is 0 Å². The second-order valence-corrected chi connectivity index (χ2v) is 12.7. The molecule has 5 aromatic rings. The molecule has 1 heterocycles. The van der Waals surface area contributed by atoms with Gasteiger partial charge in [-0.3, -0.25) is 19.7 Å². The van der Waals surface area contributed by atoms with Gasteiger partial charge in [0.2, 0.25) is 11.0 Å². The maximum absolute atomic E-state index is 13.5. The van der Waals surface area contributed by atoms with Crippen molar-refractivity contribution in [1.82, 2.24) is 15.5 Å². The highest BCUT2D eigenvalue weighted by molar-refractivity contribution is 9.10. The van der Waals surface area contributed by atoms with Gasteiger partial charge in [-0.25, -0.2) is 0 Å². The number of aromatic nitrogens is 2. The molecular weight excluding hydrogens is 658 g/mol. The number of hydrogen-bond acceptors (Lipinski definition) is 7. The minimum atomic E-state index is -0.594. The summed E-state index contributed by atoms with van der Waals surface area (Å²) >= 11 is 6.09. The number of halogens is 1. The third-order valence-corrected chi connectivity index (χ3v) is 8.63. The van der Waals surface area contributed by atoms with Crippen LogP contribution in [0.3, 0.4) is 0 Å². The molecule has 0 aliphatic heterocycles. The zero-order valence-corrected chi connectivity index (χ0v) is 26.6. The van der Waals surface area contributed by atoms with Crippen LogP contribution in [-0.4, -0.2) is 27.9 Å². The minimum Gasteiger partial charge on any atom is -0.321 e. The molecule has 44 heavy (non-hydrogen) atoms. The van der Waals surface area contributed by atoms with Crippen LogP contribution in [-0.2, 0) is 9.59 Å². The molecule has 0 aliphatic rings. The standard InChI is InChI=1S/C33H26BrN5O3S2/c1-21-38-39-33(43-21)37-32(42)29(23-11-4-2-5-12-23)44-27-17-9-16-26(20-27)35-31(41)28(19-22-10-8-15-25(34)18-22)36-30(40)24-13-6-3-7-14-24/h2-20,29H,1H3,(H,35,41)(H,36,40)(H,37,39,42)/b28-19+. The first-order valence-electron chi connectivity index (χ1n) is 13.4. The number of hydrogen-bond donors (Lipinski definition) is 3. The summed E-state index contributed by atoms with van der Waals surface area (Å²) in [4.78, 5) is 40.7. The topological polar surface area (TPSA) is 113 Å². The number of nitrogens with zero attached hydrogens (tertiary/aromatic N) is 2. The highest BCUT2D eigenvalue weighted by Crippen LogP contribution is 2.37. The summed E-state index contributed by atoms with van der Waals surface area (Å²) in [6, 6.07) is 32.7. The molecule has 4 aromatic carbocycles. The molecule has 5 rings (SSSR count). The SMILES string of the molecule is Cc1nnc(NC(=O)C(Sc2cccc(NC(=O)/C(=C\c3cccc(Br)c3)NC(=O)c3ccccc3)c2)c2ccccc2)s1. The average Bonchev–Trinajstić information content (AvgIpc) is 3.44. The Bertz CT molecular complexity index is 1810. The third kappa shape index (κ3) is 8.50. The molecule has 1 unspecified atom stereocenters. The van der Waals surface area contributed by atoms with Crippen molar-refractivity contribution in [1.29, 1.82) is 0 Å². The summed E-state index contributed by atoms with van der Waals surface area (Å²) in [5.41, 5.74) is 2.54. The molecule has 0 saturated carbocycles. The second kappa shape index (κ2) is 14.7. The van der Waals surface area contributed by atoms with Crippen LogP contribution in [0.4, 0.5) is 10.8 Å². The Kier molecular flexibility index (Phi) is 10.3. The summed E-state index contributed by atoms with van der Waals surface area (Å²) in [5, 5.41) is 17.1. The van der Waals surface area contributed by atoms with Crippen LogP contribution in [0.25, 0.3) is 6.08 Å². The molecule has 1 aromatic heterocycles. The van der Waals surface area contributed by atoms with Gasteiger partial charge < -0.3 is 10.6 Å². The van der Waals surface area contributed by atoms with E-state index in [2.05, 4.69) is 42.1 Å². The number of anilines is 2. The Hall–Kier alpha value is -4.58. The number of aryl methyl sites for hydroxylation is 1. The number of thioether (sulfide) groups is 1. The molecule has 0 spiro atoms. The van der Waals surface area contributed by atoms with Crippen LogP contribution in [0.15, 0.2) is 124 Å². The summed E-state index contributed by atoms with van der Waals surface area (Å²) in [7, 11) is 0. The van der Waals surface area contributed by atoms with Crippen molar-refractivity contribution >= 4 is 73.6 Å². The lowest BCUT2D eigenvalue weighted by Crippen LogP contribution is -2.30. The number of amides is 3. The van der Waals surface area contributed by atoms with Crippen molar-refractivity contribution in [2.45, 2.75) is 17.1 Å². The van der Waals surface area contributed by atoms with Gasteiger partial charge in [-0.05, 0) is 66.6 Å². The van der Waals surface area contributed by atoms with Crippen molar-refractivity contribution in [3.8, 4) is 0 Å². The molecule has 1 atom stereocenters. The first-order valence-corrected chi connectivity index (χ1v) is 15.9. The summed E-state index contributed by atoms with van der Waals surface area (Å²) in [6.45, 7) is 1.82. The Morgan fingerprint density at radius 1 is 0.841 bits per heavy atom. The Labute approximate surface area is 271 Å². The second-order valence-electron chi connectivity index (χ2n) is 9.44. The number of nitrogens with one attached hydrogen (secondary N) is 3. The van der Waals surface area contributed by atoms with Crippen LogP contribution >= 0.6 is 39.0 Å². The molecule has 0 aliphatic carbocycles. The van der Waals surface area contributed by atoms with Gasteiger partial charge in [0.15, 0.2) is 0 Å². The Balaban J connectivity index is 1.37. The van der Waals surface area contributed by atoms with E-state index in [1.54, 1.807) is 48.5 Å². The fourth-order valence-electron chi connectivity index (χ4n) is 4.11. The molecule has 11 heteroatoms. The van der Waals surface area contributed by atoms with Crippen molar-refractivity contribution in [3.63, 3.8) is 0 Å².